The fraction of sp³-hybridized carbons (Fsp3) is 0.111. The average Bonchev–Trinajstić information content (AvgIpc) is 2.63. The first-order valence-corrected chi connectivity index (χ1v) is 5.32. The molecule has 2 aromatic heterocycles. The van der Waals surface area contributed by atoms with Gasteiger partial charge in [0, 0.05) is 11.9 Å². The van der Waals surface area contributed by atoms with Crippen LogP contribution < -0.4 is 5.32 Å². The summed E-state index contributed by atoms with van der Waals surface area (Å²) in [6.07, 6.45) is 1.75. The van der Waals surface area contributed by atoms with Crippen molar-refractivity contribution in [3.8, 4) is 0 Å². The van der Waals surface area contributed by atoms with Crippen LogP contribution >= 0.6 is 22.9 Å². The Morgan fingerprint density at radius 2 is 2.43 bits per heavy atom. The fourth-order valence-corrected chi connectivity index (χ4v) is 2.11. The van der Waals surface area contributed by atoms with E-state index in [9.17, 15) is 0 Å². The van der Waals surface area contributed by atoms with Crippen LogP contribution in [0.4, 0.5) is 5.95 Å². The molecule has 3 nitrogen and oxygen atoms in total. The average molecular weight is 226 g/mol. The van der Waals surface area contributed by atoms with Crippen molar-refractivity contribution >= 4 is 39.1 Å². The van der Waals surface area contributed by atoms with E-state index in [1.165, 1.54) is 0 Å². The molecule has 0 spiro atoms. The van der Waals surface area contributed by atoms with Gasteiger partial charge in [0.1, 0.15) is 9.98 Å². The Hall–Kier alpha value is -1.13. The van der Waals surface area contributed by atoms with Crippen molar-refractivity contribution in [1.29, 1.82) is 0 Å². The lowest BCUT2D eigenvalue weighted by Gasteiger charge is -2.01. The van der Waals surface area contributed by atoms with Crippen LogP contribution in [-0.4, -0.2) is 16.5 Å². The molecule has 14 heavy (non-hydrogen) atoms. The van der Waals surface area contributed by atoms with Crippen LogP contribution in [0.25, 0.3) is 10.2 Å². The number of thiophene rings is 1. The Morgan fingerprint density at radius 3 is 3.21 bits per heavy atom. The van der Waals surface area contributed by atoms with E-state index in [-0.39, 0.29) is 0 Å². The lowest BCUT2D eigenvalue weighted by atomic mass is 10.4. The topological polar surface area (TPSA) is 37.8 Å². The SMILES string of the molecule is C=CCNc1nc(Cl)c2ccsc2n1. The molecule has 0 radical (unpaired) electrons. The number of hydrogen-bond acceptors (Lipinski definition) is 4. The number of aromatic nitrogens is 2. The molecule has 0 bridgehead atoms. The number of fused-ring (bicyclic) bond motifs is 1. The minimum absolute atomic E-state index is 0.489. The number of rotatable bonds is 3. The first-order chi connectivity index (χ1) is 6.81. The van der Waals surface area contributed by atoms with Gasteiger partial charge >= 0.3 is 0 Å². The smallest absolute Gasteiger partial charge is 0.225 e. The Morgan fingerprint density at radius 1 is 1.57 bits per heavy atom. The highest BCUT2D eigenvalue weighted by molar-refractivity contribution is 7.16. The summed E-state index contributed by atoms with van der Waals surface area (Å²) >= 11 is 7.52. The van der Waals surface area contributed by atoms with Gasteiger partial charge in [0.25, 0.3) is 0 Å². The molecule has 0 aliphatic carbocycles. The number of hydrogen-bond donors (Lipinski definition) is 1. The van der Waals surface area contributed by atoms with Crippen LogP contribution in [-0.2, 0) is 0 Å². The molecule has 72 valence electrons. The van der Waals surface area contributed by atoms with Gasteiger partial charge in [-0.15, -0.1) is 17.9 Å². The van der Waals surface area contributed by atoms with Crippen molar-refractivity contribution in [2.75, 3.05) is 11.9 Å². The molecule has 0 unspecified atom stereocenters. The minimum atomic E-state index is 0.489. The molecule has 0 atom stereocenters. The zero-order valence-corrected chi connectivity index (χ0v) is 8.90. The standard InChI is InChI=1S/C9H8ClN3S/c1-2-4-11-9-12-7(10)6-3-5-14-8(6)13-9/h2-3,5H,1,4H2,(H,11,12,13). The highest BCUT2D eigenvalue weighted by Gasteiger charge is 2.05. The maximum Gasteiger partial charge on any atom is 0.225 e. The number of halogens is 1. The Bertz CT molecular complexity index is 466. The van der Waals surface area contributed by atoms with Crippen molar-refractivity contribution in [3.63, 3.8) is 0 Å². The van der Waals surface area contributed by atoms with Crippen LogP contribution in [0.5, 0.6) is 0 Å². The Labute approximate surface area is 90.5 Å². The molecule has 0 aromatic carbocycles. The van der Waals surface area contributed by atoms with E-state index in [0.717, 1.165) is 10.2 Å². The van der Waals surface area contributed by atoms with Gasteiger partial charge < -0.3 is 5.32 Å². The van der Waals surface area contributed by atoms with Gasteiger partial charge in [-0.25, -0.2) is 9.97 Å². The number of anilines is 1. The summed E-state index contributed by atoms with van der Waals surface area (Å²) in [4.78, 5) is 9.31. The first-order valence-electron chi connectivity index (χ1n) is 4.07. The second-order valence-electron chi connectivity index (χ2n) is 2.65. The van der Waals surface area contributed by atoms with E-state index in [4.69, 9.17) is 11.6 Å². The van der Waals surface area contributed by atoms with Gasteiger partial charge in [-0.1, -0.05) is 17.7 Å². The third-order valence-electron chi connectivity index (χ3n) is 1.68. The quantitative estimate of drug-likeness (QED) is 0.645. The van der Waals surface area contributed by atoms with Gasteiger partial charge in [0.2, 0.25) is 5.95 Å². The second kappa shape index (κ2) is 3.94. The van der Waals surface area contributed by atoms with Crippen molar-refractivity contribution in [2.24, 2.45) is 0 Å². The molecule has 2 rings (SSSR count). The van der Waals surface area contributed by atoms with Gasteiger partial charge in [-0.3, -0.25) is 0 Å². The molecular formula is C9H8ClN3S. The predicted octanol–water partition coefficient (Wildman–Crippen LogP) is 2.94. The molecule has 2 heterocycles. The van der Waals surface area contributed by atoms with Crippen LogP contribution in [0.2, 0.25) is 5.15 Å². The van der Waals surface area contributed by atoms with Crippen molar-refractivity contribution < 1.29 is 0 Å². The van der Waals surface area contributed by atoms with Crippen molar-refractivity contribution in [1.82, 2.24) is 9.97 Å². The normalized spacial score (nSPS) is 10.4. The van der Waals surface area contributed by atoms with Gasteiger partial charge in [0.05, 0.1) is 0 Å². The maximum atomic E-state index is 5.97. The fourth-order valence-electron chi connectivity index (χ4n) is 1.06. The first kappa shape index (κ1) is 9.43. The van der Waals surface area contributed by atoms with E-state index >= 15 is 0 Å². The lowest BCUT2D eigenvalue weighted by molar-refractivity contribution is 1.16. The monoisotopic (exact) mass is 225 g/mol. The third kappa shape index (κ3) is 1.71. The Kier molecular flexibility index (Phi) is 2.65. The van der Waals surface area contributed by atoms with Crippen LogP contribution in [0.1, 0.15) is 0 Å². The zero-order chi connectivity index (χ0) is 9.97. The highest BCUT2D eigenvalue weighted by Crippen LogP contribution is 2.25. The molecule has 0 aliphatic heterocycles. The lowest BCUT2D eigenvalue weighted by Crippen LogP contribution is -2.02. The maximum absolute atomic E-state index is 5.97. The number of nitrogens with zero attached hydrogens (tertiary/aromatic N) is 2. The molecule has 0 fully saturated rings. The van der Waals surface area contributed by atoms with E-state index in [0.29, 0.717) is 17.6 Å². The molecule has 5 heteroatoms. The summed E-state index contributed by atoms with van der Waals surface area (Å²) in [5, 5.41) is 6.34. The van der Waals surface area contributed by atoms with E-state index in [1.54, 1.807) is 17.4 Å². The molecule has 0 saturated carbocycles. The molecular weight excluding hydrogens is 218 g/mol. The summed E-state index contributed by atoms with van der Waals surface area (Å²) < 4.78 is 0. The van der Waals surface area contributed by atoms with Crippen molar-refractivity contribution in [3.05, 3.63) is 29.3 Å². The second-order valence-corrected chi connectivity index (χ2v) is 3.90. The number of nitrogens with one attached hydrogen (secondary N) is 1. The predicted molar refractivity (Wildman–Crippen MR) is 61.1 cm³/mol. The van der Waals surface area contributed by atoms with Crippen LogP contribution in [0, 0.1) is 0 Å². The van der Waals surface area contributed by atoms with E-state index < -0.39 is 0 Å². The Balaban J connectivity index is 2.42. The summed E-state index contributed by atoms with van der Waals surface area (Å²) in [6.45, 7) is 4.23. The molecule has 0 saturated heterocycles. The van der Waals surface area contributed by atoms with Crippen molar-refractivity contribution in [2.45, 2.75) is 0 Å². The molecule has 0 aliphatic rings. The van der Waals surface area contributed by atoms with Crippen LogP contribution in [0.3, 0.4) is 0 Å². The van der Waals surface area contributed by atoms with E-state index in [1.807, 2.05) is 11.4 Å². The largest absolute Gasteiger partial charge is 0.351 e. The summed E-state index contributed by atoms with van der Waals surface area (Å²) in [5.74, 6) is 0.546. The van der Waals surface area contributed by atoms with Gasteiger partial charge in [-0.2, -0.15) is 0 Å². The van der Waals surface area contributed by atoms with E-state index in [2.05, 4.69) is 21.9 Å². The zero-order valence-electron chi connectivity index (χ0n) is 7.33. The highest BCUT2D eigenvalue weighted by atomic mass is 35.5. The van der Waals surface area contributed by atoms with Gasteiger partial charge in [0.15, 0.2) is 0 Å². The minimum Gasteiger partial charge on any atom is -0.351 e. The summed E-state index contributed by atoms with van der Waals surface area (Å²) in [7, 11) is 0. The van der Waals surface area contributed by atoms with Gasteiger partial charge in [-0.05, 0) is 11.4 Å². The van der Waals surface area contributed by atoms with Crippen LogP contribution in [0.15, 0.2) is 24.1 Å². The molecule has 2 aromatic rings. The third-order valence-corrected chi connectivity index (χ3v) is 2.78. The molecule has 0 amide bonds. The summed E-state index contributed by atoms with van der Waals surface area (Å²) in [5.41, 5.74) is 0. The molecule has 1 N–H and O–H groups in total. The summed E-state index contributed by atoms with van der Waals surface area (Å²) in [6, 6.07) is 1.92.